The Morgan fingerprint density at radius 1 is 0.378 bits per heavy atom. The minimum atomic E-state index is -4.52. The molecule has 5 atom stereocenters. The first kappa shape index (κ1) is 106. The zero-order valence-corrected chi connectivity index (χ0v) is 86.3. The van der Waals surface area contributed by atoms with Gasteiger partial charge < -0.3 is 25.5 Å². The van der Waals surface area contributed by atoms with Crippen LogP contribution in [0.4, 0.5) is 48.9 Å². The normalized spacial score (nSPS) is 18.2. The SMILES string of the molecule is CC(C)(O)CC(=O)Nc1nc2ccc(Cl)nc2n1C1CCC1.CC(O)(CC(=O)Nc1nc2ccc(Cl)nc2n1C1CCC1)C1CC1.CC[C@H](C(=O)Nc1nc2ccc(C(F)(F)F)nc2n1C1CCC1)C(C)(C)C.CC[C@](C)(O)[C@H](C)C(=O)Nc1nc2ccc(Cl)nc2n1C1CCC1.Cc1ccc2nc(NC(=O)CC(C)(O)C3CC3)n(C3CCC3)c2n1.Cc1ccnc2c1nc(NC(=O)CC(C)(C)O)n2C1CCC1. The van der Waals surface area contributed by atoms with Crippen LogP contribution in [0.25, 0.3) is 67.0 Å². The molecule has 20 rings (SSSR count). The van der Waals surface area contributed by atoms with Crippen LogP contribution in [0.5, 0.6) is 0 Å². The number of aromatic nitrogens is 18. The zero-order valence-electron chi connectivity index (χ0n) is 84.0. The van der Waals surface area contributed by atoms with Crippen LogP contribution in [0.2, 0.25) is 15.5 Å². The van der Waals surface area contributed by atoms with Gasteiger partial charge in [-0.2, -0.15) is 13.2 Å². The van der Waals surface area contributed by atoms with E-state index in [1.54, 1.807) is 96.5 Å². The fourth-order valence-electron chi connectivity index (χ4n) is 18.6. The van der Waals surface area contributed by atoms with E-state index in [2.05, 4.69) is 96.3 Å². The van der Waals surface area contributed by atoms with Gasteiger partial charge in [-0.15, -0.1) is 0 Å². The second-order valence-corrected chi connectivity index (χ2v) is 44.1. The summed E-state index contributed by atoms with van der Waals surface area (Å²) < 4.78 is 50.9. The van der Waals surface area contributed by atoms with Crippen molar-refractivity contribution in [1.82, 2.24) is 87.2 Å². The van der Waals surface area contributed by atoms with Gasteiger partial charge in [0.1, 0.15) is 54.3 Å². The predicted octanol–water partition coefficient (Wildman–Crippen LogP) is 20.5. The Morgan fingerprint density at radius 2 is 0.678 bits per heavy atom. The molecule has 0 aliphatic heterocycles. The van der Waals surface area contributed by atoms with Gasteiger partial charge in [0.15, 0.2) is 33.9 Å². The lowest BCUT2D eigenvalue weighted by Gasteiger charge is -2.31. The van der Waals surface area contributed by atoms with Crippen molar-refractivity contribution < 1.29 is 67.5 Å². The van der Waals surface area contributed by atoms with E-state index in [4.69, 9.17) is 34.8 Å². The average molecular weight is 2040 g/mol. The minimum absolute atomic E-state index is 0.00898. The molecule has 0 saturated heterocycles. The lowest BCUT2D eigenvalue weighted by Crippen LogP contribution is -2.40. The number of imidazole rings is 6. The first-order valence-electron chi connectivity index (χ1n) is 50.1. The number of aryl methyl sites for hydroxylation is 2. The summed E-state index contributed by atoms with van der Waals surface area (Å²) >= 11 is 18.0. The van der Waals surface area contributed by atoms with E-state index in [0.29, 0.717) is 110 Å². The first-order chi connectivity index (χ1) is 67.4. The number of alkyl halides is 3. The second kappa shape index (κ2) is 43.0. The summed E-state index contributed by atoms with van der Waals surface area (Å²) in [6.45, 7) is 27.1. The molecule has 41 heteroatoms. The summed E-state index contributed by atoms with van der Waals surface area (Å²) in [6.07, 6.45) is 21.7. The van der Waals surface area contributed by atoms with Crippen LogP contribution >= 0.6 is 34.8 Å². The van der Waals surface area contributed by atoms with Gasteiger partial charge in [0.25, 0.3) is 0 Å². The molecule has 770 valence electrons. The minimum Gasteiger partial charge on any atom is -0.390 e. The summed E-state index contributed by atoms with van der Waals surface area (Å²) in [5.41, 5.74) is 3.82. The summed E-state index contributed by atoms with van der Waals surface area (Å²) in [5.74, 6) is 1.23. The van der Waals surface area contributed by atoms with Crippen molar-refractivity contribution in [3.63, 3.8) is 0 Å². The van der Waals surface area contributed by atoms with Crippen molar-refractivity contribution in [1.29, 1.82) is 0 Å². The lowest BCUT2D eigenvalue weighted by atomic mass is 9.78. The van der Waals surface area contributed by atoms with Crippen LogP contribution in [0.3, 0.4) is 0 Å². The van der Waals surface area contributed by atoms with E-state index >= 15 is 0 Å². The van der Waals surface area contributed by atoms with Crippen LogP contribution in [-0.4, -0.2) is 176 Å². The molecule has 8 saturated carbocycles. The quantitative estimate of drug-likeness (QED) is 0.0213. The highest BCUT2D eigenvalue weighted by Crippen LogP contribution is 2.48. The third-order valence-electron chi connectivity index (χ3n) is 28.9. The maximum atomic E-state index is 13.1. The van der Waals surface area contributed by atoms with Crippen LogP contribution in [0.15, 0.2) is 72.9 Å². The van der Waals surface area contributed by atoms with Gasteiger partial charge in [-0.05, 0) is 306 Å². The van der Waals surface area contributed by atoms with Gasteiger partial charge in [-0.1, -0.05) is 76.3 Å². The molecule has 2 unspecified atom stereocenters. The Labute approximate surface area is 843 Å². The largest absolute Gasteiger partial charge is 0.433 e. The number of nitrogens with one attached hydrogen (secondary N) is 6. The van der Waals surface area contributed by atoms with Crippen LogP contribution in [0.1, 0.15) is 323 Å². The van der Waals surface area contributed by atoms with Gasteiger partial charge in [0, 0.05) is 54.1 Å². The number of rotatable bonds is 27. The van der Waals surface area contributed by atoms with E-state index < -0.39 is 45.8 Å². The third kappa shape index (κ3) is 25.4. The predicted molar refractivity (Wildman–Crippen MR) is 545 cm³/mol. The van der Waals surface area contributed by atoms with Crippen molar-refractivity contribution in [2.45, 2.75) is 354 Å². The maximum absolute atomic E-state index is 13.1. The molecule has 8 fully saturated rings. The number of anilines is 6. The summed E-state index contributed by atoms with van der Waals surface area (Å²) in [5, 5.41) is 69.1. The fourth-order valence-corrected chi connectivity index (χ4v) is 19.1. The molecule has 0 aromatic carbocycles. The average Bonchev–Trinajstić information content (AvgIpc) is 1.62. The van der Waals surface area contributed by atoms with Crippen molar-refractivity contribution in [3.05, 3.63) is 105 Å². The van der Waals surface area contributed by atoms with E-state index in [1.165, 1.54) is 18.9 Å². The number of carbonyl (C=O) groups excluding carboxylic acids is 6. The number of pyridine rings is 6. The number of aliphatic hydroxyl groups is 5. The van der Waals surface area contributed by atoms with Gasteiger partial charge in [-0.3, -0.25) is 88.1 Å². The Kier molecular flexibility index (Phi) is 31.9. The number of carbonyl (C=O) groups is 6. The summed E-state index contributed by atoms with van der Waals surface area (Å²) in [7, 11) is 0. The second-order valence-electron chi connectivity index (χ2n) is 42.9. The van der Waals surface area contributed by atoms with Gasteiger partial charge in [0.05, 0.1) is 59.6 Å². The highest BCUT2D eigenvalue weighted by atomic mass is 35.5. The Bertz CT molecular complexity index is 6520. The van der Waals surface area contributed by atoms with Crippen LogP contribution in [-0.2, 0) is 34.9 Å². The van der Waals surface area contributed by atoms with Crippen LogP contribution in [0, 0.1) is 42.9 Å². The Balaban J connectivity index is 0.000000129. The highest BCUT2D eigenvalue weighted by Gasteiger charge is 2.45. The van der Waals surface area contributed by atoms with E-state index in [1.807, 2.05) is 91.0 Å². The van der Waals surface area contributed by atoms with Crippen molar-refractivity contribution >= 4 is 173 Å². The molecule has 8 aliphatic rings. The van der Waals surface area contributed by atoms with Gasteiger partial charge >= 0.3 is 6.18 Å². The lowest BCUT2D eigenvalue weighted by molar-refractivity contribution is -0.141. The topological polar surface area (TPSA) is 460 Å². The molecule has 12 heterocycles. The van der Waals surface area contributed by atoms with Crippen molar-refractivity contribution in [2.24, 2.45) is 29.1 Å². The molecule has 35 nitrogen and oxygen atoms in total. The van der Waals surface area contributed by atoms with Gasteiger partial charge in [-0.25, -0.2) is 59.8 Å². The number of hydrogen-bond donors (Lipinski definition) is 11. The molecule has 0 radical (unpaired) electrons. The number of hydrogen-bond acceptors (Lipinski definition) is 23. The standard InChI is InChI=1S/C19H25F3N4O.C18H24N4O2.C17H21ClN4O2.C17H23ClN4O2.C16H22N4O2.C15H19ClN4O2/c1-5-12(18(2,3)4)16(27)25-17-23-13-9-10-14(19(20,21)22)24-15(13)26(17)11-7-6-8-11;1-11-6-9-14-16(19-11)22(13-4-3-5-13)17(20-14)21-15(23)10-18(2,24)12-7-8-12;1-17(24,10-5-6-10)9-14(23)21-16-19-12-7-8-13(18)20-15(12)22(16)11-3-2-4-11;1-4-17(3,24)10(2)15(23)21-16-19-12-8-9-13(18)20-14(12)22(16)11-6-5-7-11;1-10-7-8-17-14-13(10)19-15(20(14)11-5-4-6-11)18-12(21)9-16(2,3)22;1-15(2,22)8-12(21)19-14-17-10-6-7-11(16)18-13(10)20(14)9-4-3-5-9/h9-12H,5-8H2,1-4H3,(H,23,25,27);6,9,12-13,24H,3-5,7-8,10H2,1-2H3,(H,20,21,23);7-8,10-11,24H,2-6,9H2,1H3,(H,19,21,23);8-11,24H,4-7H2,1-3H3,(H,19,21,23);7-8,11,22H,4-6,9H2,1-3H3,(H,18,19,21);6-7,9,22H,3-5,8H2,1-2H3,(H,17,19,21)/t12-;;;10-,17+;;/m1..1../s1. The van der Waals surface area contributed by atoms with Gasteiger partial charge in [0.2, 0.25) is 71.1 Å². The molecule has 12 aromatic heterocycles. The monoisotopic (exact) mass is 2030 g/mol. The molecule has 6 amide bonds. The van der Waals surface area contributed by atoms with E-state index in [9.17, 15) is 67.5 Å². The molecule has 8 aliphatic carbocycles. The van der Waals surface area contributed by atoms with Crippen LogP contribution < -0.4 is 31.9 Å². The van der Waals surface area contributed by atoms with E-state index in [0.717, 1.165) is 174 Å². The fraction of sp³-hybridized carbons (Fsp3) is 0.588. The summed E-state index contributed by atoms with van der Waals surface area (Å²) in [4.78, 5) is 127. The molecule has 0 spiro atoms. The first-order valence-corrected chi connectivity index (χ1v) is 51.3. The molecular formula is C102H134Cl3F3N24O11. The van der Waals surface area contributed by atoms with Crippen molar-refractivity contribution in [3.8, 4) is 0 Å². The molecule has 0 bridgehead atoms. The Hall–Kier alpha value is -11.0. The molecule has 143 heavy (non-hydrogen) atoms. The smallest absolute Gasteiger partial charge is 0.390 e. The molecular weight excluding hydrogens is 1900 g/mol. The Morgan fingerprint density at radius 3 is 0.986 bits per heavy atom. The number of nitrogens with zero attached hydrogens (tertiary/aromatic N) is 18. The highest BCUT2D eigenvalue weighted by molar-refractivity contribution is 6.30. The summed E-state index contributed by atoms with van der Waals surface area (Å²) in [6, 6.07) is 20.1. The molecule has 12 aromatic rings. The third-order valence-corrected chi connectivity index (χ3v) is 29.5. The maximum Gasteiger partial charge on any atom is 0.433 e. The number of amides is 6. The number of halogens is 6. The van der Waals surface area contributed by atoms with E-state index in [-0.39, 0.29) is 114 Å². The van der Waals surface area contributed by atoms with Crippen molar-refractivity contribution in [2.75, 3.05) is 31.9 Å². The zero-order chi connectivity index (χ0) is 103. The number of fused-ring (bicyclic) bond motifs is 6. The molecule has 11 N–H and O–H groups in total.